The van der Waals surface area contributed by atoms with Crippen molar-refractivity contribution in [2.24, 2.45) is 0 Å². The molecule has 0 spiro atoms. The molecule has 3 rings (SSSR count). The van der Waals surface area contributed by atoms with E-state index in [1.807, 2.05) is 30.3 Å². The van der Waals surface area contributed by atoms with E-state index in [1.165, 1.54) is 0 Å². The van der Waals surface area contributed by atoms with E-state index in [2.05, 4.69) is 21.2 Å². The fourth-order valence-corrected chi connectivity index (χ4v) is 3.87. The summed E-state index contributed by atoms with van der Waals surface area (Å²) in [5.74, 6) is 0.731. The second kappa shape index (κ2) is 9.40. The lowest BCUT2D eigenvalue weighted by Gasteiger charge is -2.12. The van der Waals surface area contributed by atoms with Gasteiger partial charge in [0.2, 0.25) is 0 Å². The normalized spacial score (nSPS) is 10.7. The minimum Gasteiger partial charge on any atom is -0.488 e. The Kier molecular flexibility index (Phi) is 7.18. The maximum Gasteiger partial charge on any atom is 0.134 e. The van der Waals surface area contributed by atoms with Crippen LogP contribution in [0.25, 0.3) is 0 Å². The highest BCUT2D eigenvalue weighted by Gasteiger charge is 2.07. The van der Waals surface area contributed by atoms with Crippen LogP contribution in [0.5, 0.6) is 5.75 Å². The number of anilines is 1. The molecule has 1 N–H and O–H groups in total. The Bertz CT molecular complexity index is 965. The molecular formula is C20H14BrCl4NO. The first kappa shape index (κ1) is 20.6. The maximum atomic E-state index is 6.18. The first-order chi connectivity index (χ1) is 12.9. The molecule has 140 valence electrons. The smallest absolute Gasteiger partial charge is 0.134 e. The van der Waals surface area contributed by atoms with Crippen molar-refractivity contribution in [2.45, 2.75) is 13.2 Å². The largest absolute Gasteiger partial charge is 0.488 e. The van der Waals surface area contributed by atoms with Gasteiger partial charge in [0.25, 0.3) is 0 Å². The van der Waals surface area contributed by atoms with Crippen molar-refractivity contribution < 1.29 is 4.74 Å². The van der Waals surface area contributed by atoms with Gasteiger partial charge in [0, 0.05) is 27.2 Å². The summed E-state index contributed by atoms with van der Waals surface area (Å²) >= 11 is 27.7. The highest BCUT2D eigenvalue weighted by atomic mass is 79.9. The summed E-state index contributed by atoms with van der Waals surface area (Å²) in [6, 6.07) is 16.6. The summed E-state index contributed by atoms with van der Waals surface area (Å²) in [5, 5.41) is 5.67. The quantitative estimate of drug-likeness (QED) is 0.364. The molecule has 3 aromatic rings. The van der Waals surface area contributed by atoms with Gasteiger partial charge in [-0.25, -0.2) is 0 Å². The standard InChI is InChI=1S/C20H14BrCl4NO/c21-16-7-12(10-26-19-5-4-15(23)9-18(19)25)1-6-20(16)27-11-13-2-3-14(22)8-17(13)24/h1-9,26H,10-11H2. The Morgan fingerprint density at radius 1 is 0.815 bits per heavy atom. The summed E-state index contributed by atoms with van der Waals surface area (Å²) in [6.07, 6.45) is 0. The average Bonchev–Trinajstić information content (AvgIpc) is 2.61. The first-order valence-corrected chi connectivity index (χ1v) is 10.3. The van der Waals surface area contributed by atoms with E-state index in [9.17, 15) is 0 Å². The summed E-state index contributed by atoms with van der Waals surface area (Å²) in [7, 11) is 0. The molecule has 2 nitrogen and oxygen atoms in total. The summed E-state index contributed by atoms with van der Waals surface area (Å²) in [6.45, 7) is 0.968. The van der Waals surface area contributed by atoms with Crippen LogP contribution < -0.4 is 10.1 Å². The van der Waals surface area contributed by atoms with Gasteiger partial charge in [-0.2, -0.15) is 0 Å². The maximum absolute atomic E-state index is 6.18. The zero-order valence-corrected chi connectivity index (χ0v) is 18.5. The molecule has 0 fully saturated rings. The lowest BCUT2D eigenvalue weighted by Crippen LogP contribution is -2.01. The van der Waals surface area contributed by atoms with Gasteiger partial charge in [0.15, 0.2) is 0 Å². The Morgan fingerprint density at radius 2 is 1.52 bits per heavy atom. The molecule has 0 heterocycles. The van der Waals surface area contributed by atoms with Crippen molar-refractivity contribution in [3.8, 4) is 5.75 Å². The fraction of sp³-hybridized carbons (Fsp3) is 0.100. The second-order valence-electron chi connectivity index (χ2n) is 5.77. The lowest BCUT2D eigenvalue weighted by atomic mass is 10.2. The molecule has 0 unspecified atom stereocenters. The topological polar surface area (TPSA) is 21.3 Å². The molecule has 27 heavy (non-hydrogen) atoms. The predicted octanol–water partition coefficient (Wildman–Crippen LogP) is 8.25. The summed E-state index contributed by atoms with van der Waals surface area (Å²) < 4.78 is 6.72. The Balaban J connectivity index is 1.63. The van der Waals surface area contributed by atoms with E-state index in [-0.39, 0.29) is 0 Å². The number of halogens is 5. The van der Waals surface area contributed by atoms with Gasteiger partial charge in [-0.05, 0) is 64.0 Å². The highest BCUT2D eigenvalue weighted by molar-refractivity contribution is 9.10. The Labute approximate surface area is 186 Å². The number of rotatable bonds is 6. The molecule has 7 heteroatoms. The number of ether oxygens (including phenoxy) is 1. The van der Waals surface area contributed by atoms with E-state index >= 15 is 0 Å². The van der Waals surface area contributed by atoms with Crippen molar-refractivity contribution in [1.82, 2.24) is 0 Å². The molecule has 0 aromatic heterocycles. The number of hydrogen-bond acceptors (Lipinski definition) is 2. The van der Waals surface area contributed by atoms with Gasteiger partial charge in [-0.1, -0.05) is 58.5 Å². The molecular weight excluding hydrogens is 492 g/mol. The SMILES string of the molecule is Clc1ccc(COc2ccc(CNc3ccc(Cl)cc3Cl)cc2Br)c(Cl)c1. The third-order valence-electron chi connectivity index (χ3n) is 3.81. The van der Waals surface area contributed by atoms with Gasteiger partial charge >= 0.3 is 0 Å². The lowest BCUT2D eigenvalue weighted by molar-refractivity contribution is 0.304. The molecule has 0 radical (unpaired) electrons. The van der Waals surface area contributed by atoms with Crippen molar-refractivity contribution in [3.63, 3.8) is 0 Å². The molecule has 0 saturated heterocycles. The highest BCUT2D eigenvalue weighted by Crippen LogP contribution is 2.30. The van der Waals surface area contributed by atoms with E-state index in [1.54, 1.807) is 24.3 Å². The molecule has 0 aliphatic rings. The van der Waals surface area contributed by atoms with Crippen LogP contribution in [0.1, 0.15) is 11.1 Å². The molecule has 3 aromatic carbocycles. The van der Waals surface area contributed by atoms with Crippen LogP contribution in [0.15, 0.2) is 59.1 Å². The minimum atomic E-state index is 0.354. The molecule has 0 aliphatic carbocycles. The average molecular weight is 506 g/mol. The molecule has 0 aliphatic heterocycles. The van der Waals surface area contributed by atoms with Crippen molar-refractivity contribution in [1.29, 1.82) is 0 Å². The van der Waals surface area contributed by atoms with Crippen LogP contribution in [0.4, 0.5) is 5.69 Å². The van der Waals surface area contributed by atoms with Crippen molar-refractivity contribution in [3.05, 3.63) is 90.3 Å². The van der Waals surface area contributed by atoms with Gasteiger partial charge < -0.3 is 10.1 Å². The minimum absolute atomic E-state index is 0.354. The Morgan fingerprint density at radius 3 is 2.19 bits per heavy atom. The van der Waals surface area contributed by atoms with E-state index in [0.29, 0.717) is 33.2 Å². The predicted molar refractivity (Wildman–Crippen MR) is 119 cm³/mol. The van der Waals surface area contributed by atoms with Gasteiger partial charge in [-0.3, -0.25) is 0 Å². The first-order valence-electron chi connectivity index (χ1n) is 7.96. The zero-order valence-electron chi connectivity index (χ0n) is 13.9. The van der Waals surface area contributed by atoms with Crippen molar-refractivity contribution >= 4 is 68.0 Å². The fourth-order valence-electron chi connectivity index (χ4n) is 2.40. The third-order valence-corrected chi connectivity index (χ3v) is 5.56. The van der Waals surface area contributed by atoms with E-state index in [0.717, 1.165) is 27.0 Å². The molecule has 0 saturated carbocycles. The summed E-state index contributed by atoms with van der Waals surface area (Å²) in [4.78, 5) is 0. The third kappa shape index (κ3) is 5.69. The second-order valence-corrected chi connectivity index (χ2v) is 8.31. The van der Waals surface area contributed by atoms with Gasteiger partial charge in [0.1, 0.15) is 12.4 Å². The van der Waals surface area contributed by atoms with Crippen LogP contribution in [-0.2, 0) is 13.2 Å². The van der Waals surface area contributed by atoms with Crippen LogP contribution in [0, 0.1) is 0 Å². The molecule has 0 amide bonds. The summed E-state index contributed by atoms with van der Waals surface area (Å²) in [5.41, 5.74) is 2.77. The molecule has 0 atom stereocenters. The van der Waals surface area contributed by atoms with Gasteiger partial charge in [-0.15, -0.1) is 0 Å². The zero-order chi connectivity index (χ0) is 19.4. The van der Waals surface area contributed by atoms with Crippen molar-refractivity contribution in [2.75, 3.05) is 5.32 Å². The monoisotopic (exact) mass is 503 g/mol. The van der Waals surface area contributed by atoms with E-state index < -0.39 is 0 Å². The van der Waals surface area contributed by atoms with Crippen LogP contribution >= 0.6 is 62.3 Å². The molecule has 0 bridgehead atoms. The van der Waals surface area contributed by atoms with Crippen LogP contribution in [-0.4, -0.2) is 0 Å². The van der Waals surface area contributed by atoms with Crippen LogP contribution in [0.3, 0.4) is 0 Å². The number of benzene rings is 3. The van der Waals surface area contributed by atoms with E-state index in [4.69, 9.17) is 51.1 Å². The number of hydrogen-bond donors (Lipinski definition) is 1. The number of nitrogens with one attached hydrogen (secondary N) is 1. The van der Waals surface area contributed by atoms with Crippen LogP contribution in [0.2, 0.25) is 20.1 Å². The Hall–Kier alpha value is -1.10. The van der Waals surface area contributed by atoms with Gasteiger partial charge in [0.05, 0.1) is 15.2 Å².